The third-order valence-electron chi connectivity index (χ3n) is 4.20. The topological polar surface area (TPSA) is 55.6 Å². The van der Waals surface area contributed by atoms with Gasteiger partial charge in [0.15, 0.2) is 5.82 Å². The molecule has 118 valence electrons. The fourth-order valence-corrected chi connectivity index (χ4v) is 3.00. The standard InChI is InChI=1S/C17H19N5O/c1-12-11-15(21-9-3-4-10-21)22-17(18-12)19-16(20-22)13-5-7-14(23-2)8-6-13/h5-8,11H,3-4,9-10H2,1-2H3. The first-order chi connectivity index (χ1) is 11.2. The molecule has 0 unspecified atom stereocenters. The van der Waals surface area contributed by atoms with E-state index in [0.717, 1.165) is 35.9 Å². The monoisotopic (exact) mass is 309 g/mol. The van der Waals surface area contributed by atoms with Gasteiger partial charge in [-0.25, -0.2) is 4.98 Å². The zero-order valence-electron chi connectivity index (χ0n) is 13.4. The molecule has 1 saturated heterocycles. The minimum Gasteiger partial charge on any atom is -0.497 e. The Morgan fingerprint density at radius 1 is 1.04 bits per heavy atom. The van der Waals surface area contributed by atoms with Gasteiger partial charge in [0.25, 0.3) is 5.78 Å². The van der Waals surface area contributed by atoms with Crippen molar-refractivity contribution in [2.45, 2.75) is 19.8 Å². The molecule has 0 spiro atoms. The Labute approximate surface area is 134 Å². The number of benzene rings is 1. The average molecular weight is 309 g/mol. The molecule has 0 radical (unpaired) electrons. The molecule has 3 aromatic rings. The van der Waals surface area contributed by atoms with Crippen LogP contribution in [0.3, 0.4) is 0 Å². The summed E-state index contributed by atoms with van der Waals surface area (Å²) in [5, 5.41) is 4.68. The molecule has 1 aliphatic heterocycles. The number of anilines is 1. The van der Waals surface area contributed by atoms with Gasteiger partial charge in [-0.05, 0) is 44.0 Å². The van der Waals surface area contributed by atoms with E-state index < -0.39 is 0 Å². The smallest absolute Gasteiger partial charge is 0.254 e. The van der Waals surface area contributed by atoms with Crippen molar-refractivity contribution in [3.05, 3.63) is 36.0 Å². The normalized spacial score (nSPS) is 14.6. The molecule has 3 heterocycles. The molecule has 0 aliphatic carbocycles. The Morgan fingerprint density at radius 3 is 2.48 bits per heavy atom. The summed E-state index contributed by atoms with van der Waals surface area (Å²) in [4.78, 5) is 11.5. The number of aryl methyl sites for hydroxylation is 1. The summed E-state index contributed by atoms with van der Waals surface area (Å²) < 4.78 is 7.06. The van der Waals surface area contributed by atoms with Gasteiger partial charge in [-0.2, -0.15) is 9.50 Å². The lowest BCUT2D eigenvalue weighted by Gasteiger charge is -2.18. The maximum atomic E-state index is 5.20. The molecule has 6 heteroatoms. The van der Waals surface area contributed by atoms with Gasteiger partial charge in [-0.1, -0.05) is 0 Å². The Balaban J connectivity index is 1.81. The van der Waals surface area contributed by atoms with Gasteiger partial charge in [-0.3, -0.25) is 0 Å². The molecule has 1 aromatic carbocycles. The highest BCUT2D eigenvalue weighted by Crippen LogP contribution is 2.24. The van der Waals surface area contributed by atoms with Crippen LogP contribution in [0.1, 0.15) is 18.5 Å². The minimum absolute atomic E-state index is 0.651. The average Bonchev–Trinajstić information content (AvgIpc) is 3.23. The Kier molecular flexibility index (Phi) is 3.37. The van der Waals surface area contributed by atoms with Crippen molar-refractivity contribution in [1.82, 2.24) is 19.6 Å². The van der Waals surface area contributed by atoms with Crippen LogP contribution < -0.4 is 9.64 Å². The lowest BCUT2D eigenvalue weighted by atomic mass is 10.2. The van der Waals surface area contributed by atoms with Crippen LogP contribution in [0.15, 0.2) is 30.3 Å². The summed E-state index contributed by atoms with van der Waals surface area (Å²) in [6, 6.07) is 9.86. The van der Waals surface area contributed by atoms with E-state index in [1.54, 1.807) is 7.11 Å². The van der Waals surface area contributed by atoms with Crippen LogP contribution in [0, 0.1) is 6.92 Å². The van der Waals surface area contributed by atoms with Gasteiger partial charge >= 0.3 is 0 Å². The predicted molar refractivity (Wildman–Crippen MR) is 89.0 cm³/mol. The van der Waals surface area contributed by atoms with Gasteiger partial charge in [0.1, 0.15) is 11.6 Å². The quantitative estimate of drug-likeness (QED) is 0.744. The largest absolute Gasteiger partial charge is 0.497 e. The molecular weight excluding hydrogens is 290 g/mol. The minimum atomic E-state index is 0.651. The molecule has 0 N–H and O–H groups in total. The first-order valence-electron chi connectivity index (χ1n) is 7.88. The van der Waals surface area contributed by atoms with Crippen LogP contribution in [0.2, 0.25) is 0 Å². The highest BCUT2D eigenvalue weighted by atomic mass is 16.5. The van der Waals surface area contributed by atoms with E-state index in [4.69, 9.17) is 4.74 Å². The molecule has 1 fully saturated rings. The van der Waals surface area contributed by atoms with Crippen molar-refractivity contribution in [1.29, 1.82) is 0 Å². The van der Waals surface area contributed by atoms with Gasteiger partial charge in [0.2, 0.25) is 0 Å². The number of aromatic nitrogens is 4. The molecule has 0 saturated carbocycles. The second kappa shape index (κ2) is 5.53. The van der Waals surface area contributed by atoms with Crippen LogP contribution in [-0.4, -0.2) is 39.8 Å². The van der Waals surface area contributed by atoms with E-state index >= 15 is 0 Å². The molecule has 0 bridgehead atoms. The molecule has 23 heavy (non-hydrogen) atoms. The van der Waals surface area contributed by atoms with Crippen molar-refractivity contribution < 1.29 is 4.74 Å². The summed E-state index contributed by atoms with van der Waals surface area (Å²) in [6.07, 6.45) is 2.45. The van der Waals surface area contributed by atoms with E-state index in [0.29, 0.717) is 11.6 Å². The Bertz CT molecular complexity index is 834. The van der Waals surface area contributed by atoms with E-state index in [1.165, 1.54) is 12.8 Å². The Morgan fingerprint density at radius 2 is 1.78 bits per heavy atom. The number of hydrogen-bond acceptors (Lipinski definition) is 5. The van der Waals surface area contributed by atoms with E-state index in [1.807, 2.05) is 35.7 Å². The third kappa shape index (κ3) is 2.50. The number of nitrogens with zero attached hydrogens (tertiary/aromatic N) is 5. The van der Waals surface area contributed by atoms with Crippen LogP contribution in [-0.2, 0) is 0 Å². The highest BCUT2D eigenvalue weighted by molar-refractivity contribution is 5.60. The van der Waals surface area contributed by atoms with Crippen molar-refractivity contribution in [2.75, 3.05) is 25.1 Å². The van der Waals surface area contributed by atoms with Crippen LogP contribution in [0.25, 0.3) is 17.2 Å². The molecule has 6 nitrogen and oxygen atoms in total. The second-order valence-corrected chi connectivity index (χ2v) is 5.83. The maximum Gasteiger partial charge on any atom is 0.254 e. The number of fused-ring (bicyclic) bond motifs is 1. The van der Waals surface area contributed by atoms with Crippen molar-refractivity contribution in [3.8, 4) is 17.1 Å². The lowest BCUT2D eigenvalue weighted by molar-refractivity contribution is 0.415. The molecular formula is C17H19N5O. The highest BCUT2D eigenvalue weighted by Gasteiger charge is 2.18. The number of rotatable bonds is 3. The molecule has 2 aromatic heterocycles. The van der Waals surface area contributed by atoms with Crippen LogP contribution in [0.5, 0.6) is 5.75 Å². The van der Waals surface area contributed by atoms with Gasteiger partial charge in [0, 0.05) is 30.4 Å². The van der Waals surface area contributed by atoms with E-state index in [-0.39, 0.29) is 0 Å². The van der Waals surface area contributed by atoms with Crippen LogP contribution >= 0.6 is 0 Å². The van der Waals surface area contributed by atoms with Gasteiger partial charge in [0.05, 0.1) is 7.11 Å². The Hall–Kier alpha value is -2.63. The summed E-state index contributed by atoms with van der Waals surface area (Å²) in [5.41, 5.74) is 1.93. The summed E-state index contributed by atoms with van der Waals surface area (Å²) in [5.74, 6) is 3.24. The second-order valence-electron chi connectivity index (χ2n) is 5.83. The van der Waals surface area contributed by atoms with Crippen molar-refractivity contribution >= 4 is 11.6 Å². The first kappa shape index (κ1) is 14.0. The summed E-state index contributed by atoms with van der Waals surface area (Å²) in [6.45, 7) is 4.13. The molecule has 1 aliphatic rings. The summed E-state index contributed by atoms with van der Waals surface area (Å²) >= 11 is 0. The predicted octanol–water partition coefficient (Wildman–Crippen LogP) is 2.71. The molecule has 0 atom stereocenters. The lowest BCUT2D eigenvalue weighted by Crippen LogP contribution is -2.21. The SMILES string of the molecule is COc1ccc(-c2nc3nc(C)cc(N4CCCC4)n3n2)cc1. The number of hydrogen-bond donors (Lipinski definition) is 0. The number of methoxy groups -OCH3 is 1. The summed E-state index contributed by atoms with van der Waals surface area (Å²) in [7, 11) is 1.66. The third-order valence-corrected chi connectivity index (χ3v) is 4.20. The first-order valence-corrected chi connectivity index (χ1v) is 7.88. The number of ether oxygens (including phenoxy) is 1. The van der Waals surface area contributed by atoms with Gasteiger partial charge in [-0.15, -0.1) is 5.10 Å². The van der Waals surface area contributed by atoms with E-state index in [2.05, 4.69) is 26.0 Å². The fraction of sp³-hybridized carbons (Fsp3) is 0.353. The zero-order valence-corrected chi connectivity index (χ0v) is 13.4. The van der Waals surface area contributed by atoms with Crippen molar-refractivity contribution in [2.24, 2.45) is 0 Å². The maximum absolute atomic E-state index is 5.20. The molecule has 4 rings (SSSR count). The van der Waals surface area contributed by atoms with E-state index in [9.17, 15) is 0 Å². The fourth-order valence-electron chi connectivity index (χ4n) is 3.00. The zero-order chi connectivity index (χ0) is 15.8. The van der Waals surface area contributed by atoms with Gasteiger partial charge < -0.3 is 9.64 Å². The molecule has 0 amide bonds. The van der Waals surface area contributed by atoms with Crippen LogP contribution in [0.4, 0.5) is 5.82 Å². The van der Waals surface area contributed by atoms with Crippen molar-refractivity contribution in [3.63, 3.8) is 0 Å².